The van der Waals surface area contributed by atoms with Gasteiger partial charge in [0.1, 0.15) is 0 Å². The molecule has 0 saturated carbocycles. The van der Waals surface area contributed by atoms with E-state index in [1.165, 1.54) is 0 Å². The van der Waals surface area contributed by atoms with Crippen molar-refractivity contribution in [2.75, 3.05) is 19.7 Å². The van der Waals surface area contributed by atoms with Gasteiger partial charge >= 0.3 is 0 Å². The number of nitrogens with zero attached hydrogens (tertiary/aromatic N) is 2. The lowest BCUT2D eigenvalue weighted by Crippen LogP contribution is -2.45. The Bertz CT molecular complexity index is 763. The summed E-state index contributed by atoms with van der Waals surface area (Å²) in [5, 5.41) is 10.6. The molecule has 2 aromatic rings. The van der Waals surface area contributed by atoms with Crippen molar-refractivity contribution in [1.82, 2.24) is 9.88 Å². The molecule has 1 aromatic carbocycles. The van der Waals surface area contributed by atoms with Crippen molar-refractivity contribution < 1.29 is 14.6 Å². The SMILES string of the molecule is O=C(c1cnc2c(c1)CCCO2)N1CC[C@@H](c2ccccc2)[C@H](O)C1. The van der Waals surface area contributed by atoms with E-state index in [4.69, 9.17) is 4.74 Å². The third kappa shape index (κ3) is 3.24. The van der Waals surface area contributed by atoms with Crippen LogP contribution in [-0.2, 0) is 6.42 Å². The average molecular weight is 338 g/mol. The molecule has 25 heavy (non-hydrogen) atoms. The number of hydrogen-bond acceptors (Lipinski definition) is 4. The van der Waals surface area contributed by atoms with Gasteiger partial charge in [-0.05, 0) is 30.9 Å². The zero-order chi connectivity index (χ0) is 17.2. The molecule has 2 atom stereocenters. The highest BCUT2D eigenvalue weighted by Crippen LogP contribution is 2.29. The van der Waals surface area contributed by atoms with Crippen LogP contribution in [0.25, 0.3) is 0 Å². The molecule has 1 aromatic heterocycles. The second-order valence-electron chi connectivity index (χ2n) is 6.76. The molecular weight excluding hydrogens is 316 g/mol. The molecule has 5 heteroatoms. The Balaban J connectivity index is 1.47. The van der Waals surface area contributed by atoms with Crippen LogP contribution < -0.4 is 4.74 Å². The topological polar surface area (TPSA) is 62.7 Å². The molecule has 0 spiro atoms. The summed E-state index contributed by atoms with van der Waals surface area (Å²) in [6.45, 7) is 1.68. The van der Waals surface area contributed by atoms with E-state index in [0.29, 0.717) is 31.1 Å². The number of carbonyl (C=O) groups is 1. The van der Waals surface area contributed by atoms with Crippen LogP contribution in [0.15, 0.2) is 42.6 Å². The summed E-state index contributed by atoms with van der Waals surface area (Å²) in [6, 6.07) is 11.9. The number of aromatic nitrogens is 1. The second-order valence-corrected chi connectivity index (χ2v) is 6.76. The number of pyridine rings is 1. The van der Waals surface area contributed by atoms with Gasteiger partial charge in [-0.2, -0.15) is 0 Å². The Morgan fingerprint density at radius 2 is 2.12 bits per heavy atom. The standard InChI is InChI=1S/C20H22N2O3/c23-18-13-22(9-8-17(18)14-5-2-1-3-6-14)20(24)16-11-15-7-4-10-25-19(15)21-12-16/h1-3,5-6,11-12,17-18,23H,4,7-10,13H2/t17-,18+/m0/s1. The van der Waals surface area contributed by atoms with Crippen molar-refractivity contribution in [3.63, 3.8) is 0 Å². The fraction of sp³-hybridized carbons (Fsp3) is 0.400. The number of aliphatic hydroxyl groups is 1. The zero-order valence-electron chi connectivity index (χ0n) is 14.1. The summed E-state index contributed by atoms with van der Waals surface area (Å²) in [4.78, 5) is 18.8. The highest BCUT2D eigenvalue weighted by Gasteiger charge is 2.31. The first-order valence-electron chi connectivity index (χ1n) is 8.86. The first-order chi connectivity index (χ1) is 12.2. The number of ether oxygens (including phenoxy) is 1. The third-order valence-electron chi connectivity index (χ3n) is 5.10. The largest absolute Gasteiger partial charge is 0.477 e. The van der Waals surface area contributed by atoms with E-state index in [0.717, 1.165) is 30.4 Å². The molecule has 1 N–H and O–H groups in total. The van der Waals surface area contributed by atoms with Crippen molar-refractivity contribution in [2.45, 2.75) is 31.3 Å². The van der Waals surface area contributed by atoms with E-state index < -0.39 is 6.10 Å². The van der Waals surface area contributed by atoms with Gasteiger partial charge in [0.05, 0.1) is 18.3 Å². The Kier molecular flexibility index (Phi) is 4.40. The monoisotopic (exact) mass is 338 g/mol. The number of benzene rings is 1. The summed E-state index contributed by atoms with van der Waals surface area (Å²) in [5.41, 5.74) is 2.71. The number of aliphatic hydroxyl groups excluding tert-OH is 1. The zero-order valence-corrected chi connectivity index (χ0v) is 14.1. The van der Waals surface area contributed by atoms with Gasteiger partial charge in [0, 0.05) is 30.8 Å². The van der Waals surface area contributed by atoms with Crippen molar-refractivity contribution in [1.29, 1.82) is 0 Å². The maximum absolute atomic E-state index is 12.8. The van der Waals surface area contributed by atoms with Gasteiger partial charge in [-0.15, -0.1) is 0 Å². The quantitative estimate of drug-likeness (QED) is 0.913. The summed E-state index contributed by atoms with van der Waals surface area (Å²) < 4.78 is 5.51. The number of likely N-dealkylation sites (tertiary alicyclic amines) is 1. The van der Waals surface area contributed by atoms with Gasteiger partial charge < -0.3 is 14.7 Å². The summed E-state index contributed by atoms with van der Waals surface area (Å²) in [6.07, 6.45) is 3.64. The lowest BCUT2D eigenvalue weighted by Gasteiger charge is -2.36. The Morgan fingerprint density at radius 1 is 1.28 bits per heavy atom. The van der Waals surface area contributed by atoms with E-state index >= 15 is 0 Å². The summed E-state index contributed by atoms with van der Waals surface area (Å²) in [7, 11) is 0. The Morgan fingerprint density at radius 3 is 2.92 bits per heavy atom. The number of hydrogen-bond donors (Lipinski definition) is 1. The number of carbonyl (C=O) groups excluding carboxylic acids is 1. The molecule has 0 bridgehead atoms. The molecule has 130 valence electrons. The minimum atomic E-state index is -0.547. The van der Waals surface area contributed by atoms with E-state index in [2.05, 4.69) is 4.98 Å². The van der Waals surface area contributed by atoms with Crippen LogP contribution in [0.3, 0.4) is 0 Å². The molecule has 2 aliphatic rings. The lowest BCUT2D eigenvalue weighted by molar-refractivity contribution is 0.0381. The molecule has 0 unspecified atom stereocenters. The van der Waals surface area contributed by atoms with Crippen molar-refractivity contribution >= 4 is 5.91 Å². The van der Waals surface area contributed by atoms with Crippen molar-refractivity contribution in [2.24, 2.45) is 0 Å². The number of fused-ring (bicyclic) bond motifs is 1. The van der Waals surface area contributed by atoms with Gasteiger partial charge in [-0.25, -0.2) is 4.98 Å². The number of rotatable bonds is 2. The van der Waals surface area contributed by atoms with Crippen LogP contribution in [0.1, 0.15) is 40.2 Å². The first-order valence-corrected chi connectivity index (χ1v) is 8.86. The predicted octanol–water partition coefficient (Wildman–Crippen LogP) is 2.40. The van der Waals surface area contributed by atoms with Gasteiger partial charge in [0.2, 0.25) is 5.88 Å². The van der Waals surface area contributed by atoms with Crippen molar-refractivity contribution in [3.05, 3.63) is 59.3 Å². The average Bonchev–Trinajstić information content (AvgIpc) is 2.67. The summed E-state index contributed by atoms with van der Waals surface area (Å²) >= 11 is 0. The summed E-state index contributed by atoms with van der Waals surface area (Å²) in [5.74, 6) is 0.664. The highest BCUT2D eigenvalue weighted by molar-refractivity contribution is 5.94. The third-order valence-corrected chi connectivity index (χ3v) is 5.10. The number of β-amino-alcohol motifs (C(OH)–C–C–N with tert-alkyl or cyclic N) is 1. The lowest BCUT2D eigenvalue weighted by atomic mass is 9.87. The smallest absolute Gasteiger partial charge is 0.255 e. The van der Waals surface area contributed by atoms with E-state index in [1.54, 1.807) is 11.1 Å². The molecule has 0 radical (unpaired) electrons. The fourth-order valence-electron chi connectivity index (χ4n) is 3.74. The van der Waals surface area contributed by atoms with Crippen molar-refractivity contribution in [3.8, 4) is 5.88 Å². The first kappa shape index (κ1) is 16.1. The molecule has 3 heterocycles. The van der Waals surface area contributed by atoms with Gasteiger partial charge in [0.25, 0.3) is 5.91 Å². The fourth-order valence-corrected chi connectivity index (χ4v) is 3.74. The molecule has 2 aliphatic heterocycles. The minimum Gasteiger partial charge on any atom is -0.477 e. The maximum Gasteiger partial charge on any atom is 0.255 e. The molecule has 5 nitrogen and oxygen atoms in total. The molecule has 1 fully saturated rings. The highest BCUT2D eigenvalue weighted by atomic mass is 16.5. The number of piperidine rings is 1. The van der Waals surface area contributed by atoms with Crippen LogP contribution in [0, 0.1) is 0 Å². The molecule has 1 saturated heterocycles. The van der Waals surface area contributed by atoms with Gasteiger partial charge in [0.15, 0.2) is 0 Å². The van der Waals surface area contributed by atoms with Crippen LogP contribution in [0.4, 0.5) is 0 Å². The minimum absolute atomic E-state index is 0.0635. The van der Waals surface area contributed by atoms with E-state index in [1.807, 2.05) is 36.4 Å². The maximum atomic E-state index is 12.8. The molecule has 1 amide bonds. The van der Waals surface area contributed by atoms with Crippen LogP contribution in [-0.4, -0.2) is 46.7 Å². The second kappa shape index (κ2) is 6.84. The van der Waals surface area contributed by atoms with Gasteiger partial charge in [-0.1, -0.05) is 30.3 Å². The van der Waals surface area contributed by atoms with E-state index in [9.17, 15) is 9.90 Å². The van der Waals surface area contributed by atoms with Crippen LogP contribution in [0.2, 0.25) is 0 Å². The number of amides is 1. The molecular formula is C20H22N2O3. The molecule has 0 aliphatic carbocycles. The van der Waals surface area contributed by atoms with Gasteiger partial charge in [-0.3, -0.25) is 4.79 Å². The predicted molar refractivity (Wildman–Crippen MR) is 93.8 cm³/mol. The Hall–Kier alpha value is -2.40. The van der Waals surface area contributed by atoms with E-state index in [-0.39, 0.29) is 11.8 Å². The van der Waals surface area contributed by atoms with Crippen LogP contribution >= 0.6 is 0 Å². The Labute approximate surface area is 147 Å². The normalized spacial score (nSPS) is 22.8. The van der Waals surface area contributed by atoms with Crippen LogP contribution in [0.5, 0.6) is 5.88 Å². The number of aryl methyl sites for hydroxylation is 1. The molecule has 4 rings (SSSR count).